The summed E-state index contributed by atoms with van der Waals surface area (Å²) in [5.41, 5.74) is 1.04. The summed E-state index contributed by atoms with van der Waals surface area (Å²) in [6.45, 7) is 2.00. The van der Waals surface area contributed by atoms with Gasteiger partial charge in [0, 0.05) is 36.8 Å². The van der Waals surface area contributed by atoms with Gasteiger partial charge < -0.3 is 15.2 Å². The van der Waals surface area contributed by atoms with Crippen LogP contribution >= 0.6 is 0 Å². The molecule has 37 heavy (non-hydrogen) atoms. The molecular weight excluding hydrogens is 496 g/mol. The fourth-order valence-electron chi connectivity index (χ4n) is 4.68. The molecule has 0 bridgehead atoms. The van der Waals surface area contributed by atoms with Crippen LogP contribution in [0, 0.1) is 5.82 Å². The van der Waals surface area contributed by atoms with E-state index in [-0.39, 0.29) is 43.3 Å². The van der Waals surface area contributed by atoms with Gasteiger partial charge in [0.2, 0.25) is 0 Å². The first kappa shape index (κ1) is 24.7. The summed E-state index contributed by atoms with van der Waals surface area (Å²) in [6, 6.07) is 6.23. The van der Waals surface area contributed by atoms with Crippen LogP contribution in [-0.2, 0) is 0 Å². The van der Waals surface area contributed by atoms with Gasteiger partial charge in [0.25, 0.3) is 0 Å². The third kappa shape index (κ3) is 4.86. The van der Waals surface area contributed by atoms with E-state index in [1.807, 2.05) is 0 Å². The molecule has 0 radical (unpaired) electrons. The van der Waals surface area contributed by atoms with Crippen molar-refractivity contribution in [2.24, 2.45) is 0 Å². The molecule has 0 spiro atoms. The van der Waals surface area contributed by atoms with E-state index in [1.54, 1.807) is 19.1 Å². The number of pyridine rings is 2. The number of aromatic nitrogens is 4. The number of likely N-dealkylation sites (tertiary alicyclic amines) is 1. The van der Waals surface area contributed by atoms with E-state index in [0.717, 1.165) is 0 Å². The van der Waals surface area contributed by atoms with Crippen molar-refractivity contribution < 1.29 is 32.2 Å². The van der Waals surface area contributed by atoms with Crippen molar-refractivity contribution in [1.29, 1.82) is 0 Å². The average Bonchev–Trinajstić information content (AvgIpc) is 3.45. The third-order valence-corrected chi connectivity index (χ3v) is 6.24. The van der Waals surface area contributed by atoms with Gasteiger partial charge in [0.05, 0.1) is 12.1 Å². The van der Waals surface area contributed by atoms with E-state index in [1.165, 1.54) is 39.8 Å². The van der Waals surface area contributed by atoms with Crippen LogP contribution in [0.3, 0.4) is 0 Å². The number of hydrogen-bond acceptors (Lipinski definition) is 6. The number of ether oxygens (including phenoxy) is 1. The normalized spacial score (nSPS) is 17.4. The molecule has 1 unspecified atom stereocenters. The highest BCUT2D eigenvalue weighted by atomic mass is 19.4. The predicted octanol–water partition coefficient (Wildman–Crippen LogP) is 4.43. The van der Waals surface area contributed by atoms with Gasteiger partial charge in [-0.2, -0.15) is 13.2 Å². The lowest BCUT2D eigenvalue weighted by atomic mass is 10.1. The quantitative estimate of drug-likeness (QED) is 0.364. The summed E-state index contributed by atoms with van der Waals surface area (Å²) in [7, 11) is 0. The Hall–Kier alpha value is -4.00. The smallest absolute Gasteiger partial charge is 0.408 e. The maximum absolute atomic E-state index is 14.2. The molecule has 1 aliphatic rings. The maximum Gasteiger partial charge on any atom is 0.408 e. The molecular formula is C24H22F4N6O3. The van der Waals surface area contributed by atoms with Crippen molar-refractivity contribution in [2.45, 2.75) is 31.6 Å². The van der Waals surface area contributed by atoms with Gasteiger partial charge in [0.1, 0.15) is 11.7 Å². The Balaban J connectivity index is 1.54. The standard InChI is InChI=1S/C24H22F4N6O3/c1-2-37-19-10-18-13(9-16(19)25)3-5-17(30-18)22-32-31-20-6-4-14(11-34(20)22)21(24(26,27)28)33-8-7-15(12-33)29-23(35)36/h3-6,9-11,15,21,29H,2,7-8,12H2,1H3,(H,35,36)/t15?,21-/m1/s1. The molecule has 4 heterocycles. The maximum atomic E-state index is 14.2. The third-order valence-electron chi connectivity index (χ3n) is 6.24. The van der Waals surface area contributed by atoms with Gasteiger partial charge in [-0.3, -0.25) is 9.30 Å². The first-order valence-electron chi connectivity index (χ1n) is 11.5. The number of alkyl halides is 3. The number of fused-ring (bicyclic) bond motifs is 2. The second-order valence-corrected chi connectivity index (χ2v) is 8.69. The van der Waals surface area contributed by atoms with E-state index in [4.69, 9.17) is 9.84 Å². The minimum absolute atomic E-state index is 0.0430. The number of nitrogens with one attached hydrogen (secondary N) is 1. The molecule has 13 heteroatoms. The lowest BCUT2D eigenvalue weighted by molar-refractivity contribution is -0.184. The Bertz CT molecular complexity index is 1470. The number of carboxylic acid groups (broad SMARTS) is 1. The molecule has 4 aromatic rings. The van der Waals surface area contributed by atoms with Gasteiger partial charge in [-0.1, -0.05) is 12.1 Å². The van der Waals surface area contributed by atoms with Crippen LogP contribution < -0.4 is 10.1 Å². The summed E-state index contributed by atoms with van der Waals surface area (Å²) >= 11 is 0. The highest BCUT2D eigenvalue weighted by Crippen LogP contribution is 2.40. The van der Waals surface area contributed by atoms with Crippen molar-refractivity contribution in [3.63, 3.8) is 0 Å². The number of nitrogens with zero attached hydrogens (tertiary/aromatic N) is 5. The van der Waals surface area contributed by atoms with Crippen LogP contribution in [0.1, 0.15) is 24.9 Å². The van der Waals surface area contributed by atoms with Crippen LogP contribution in [0.15, 0.2) is 42.6 Å². The first-order chi connectivity index (χ1) is 17.6. The van der Waals surface area contributed by atoms with E-state index >= 15 is 0 Å². The molecule has 1 saturated heterocycles. The SMILES string of the molecule is CCOc1cc2nc(-c3nnc4ccc([C@@H](N5CCC(NC(=O)O)C5)C(F)(F)F)cn34)ccc2cc1F. The topological polar surface area (TPSA) is 105 Å². The Morgan fingerprint density at radius 2 is 2.05 bits per heavy atom. The summed E-state index contributed by atoms with van der Waals surface area (Å²) in [5, 5.41) is 19.9. The second kappa shape index (κ2) is 9.47. The number of amides is 1. The number of rotatable bonds is 6. The van der Waals surface area contributed by atoms with Crippen molar-refractivity contribution in [2.75, 3.05) is 19.7 Å². The summed E-state index contributed by atoms with van der Waals surface area (Å²) in [4.78, 5) is 16.7. The van der Waals surface area contributed by atoms with Crippen molar-refractivity contribution in [3.05, 3.63) is 54.0 Å². The molecule has 9 nitrogen and oxygen atoms in total. The van der Waals surface area contributed by atoms with Crippen LogP contribution in [-0.4, -0.2) is 67.6 Å². The van der Waals surface area contributed by atoms with Gasteiger partial charge >= 0.3 is 12.3 Å². The fraction of sp³-hybridized carbons (Fsp3) is 0.333. The molecule has 1 fully saturated rings. The molecule has 1 amide bonds. The van der Waals surface area contributed by atoms with E-state index in [2.05, 4.69) is 20.5 Å². The minimum Gasteiger partial charge on any atom is -0.491 e. The van der Waals surface area contributed by atoms with Gasteiger partial charge in [0.15, 0.2) is 23.0 Å². The Kier molecular flexibility index (Phi) is 6.31. The molecule has 0 aliphatic carbocycles. The zero-order valence-corrected chi connectivity index (χ0v) is 19.5. The summed E-state index contributed by atoms with van der Waals surface area (Å²) in [6.07, 6.45) is -4.29. The zero-order valence-electron chi connectivity index (χ0n) is 19.5. The molecule has 2 atom stereocenters. The first-order valence-corrected chi connectivity index (χ1v) is 11.5. The van der Waals surface area contributed by atoms with Crippen LogP contribution in [0.5, 0.6) is 5.75 Å². The molecule has 1 aromatic carbocycles. The molecule has 194 valence electrons. The van der Waals surface area contributed by atoms with Crippen LogP contribution in [0.4, 0.5) is 22.4 Å². The average molecular weight is 518 g/mol. The van der Waals surface area contributed by atoms with E-state index in [9.17, 15) is 22.4 Å². The van der Waals surface area contributed by atoms with Crippen LogP contribution in [0.25, 0.3) is 28.1 Å². The summed E-state index contributed by atoms with van der Waals surface area (Å²) < 4.78 is 63.6. The number of hydrogen-bond donors (Lipinski definition) is 2. The van der Waals surface area contributed by atoms with Gasteiger partial charge in [-0.05, 0) is 37.1 Å². The molecule has 0 saturated carbocycles. The highest BCUT2D eigenvalue weighted by Gasteiger charge is 2.47. The lowest BCUT2D eigenvalue weighted by Crippen LogP contribution is -2.40. The van der Waals surface area contributed by atoms with E-state index < -0.39 is 30.2 Å². The minimum atomic E-state index is -4.61. The Morgan fingerprint density at radius 3 is 2.78 bits per heavy atom. The summed E-state index contributed by atoms with van der Waals surface area (Å²) in [5.74, 6) is -0.265. The number of halogens is 4. The zero-order chi connectivity index (χ0) is 26.3. The van der Waals surface area contributed by atoms with Gasteiger partial charge in [-0.25, -0.2) is 14.2 Å². The largest absolute Gasteiger partial charge is 0.491 e. The van der Waals surface area contributed by atoms with Crippen molar-refractivity contribution >= 4 is 22.6 Å². The fourth-order valence-corrected chi connectivity index (χ4v) is 4.68. The van der Waals surface area contributed by atoms with Crippen molar-refractivity contribution in [3.8, 4) is 17.3 Å². The molecule has 1 aliphatic heterocycles. The Morgan fingerprint density at radius 1 is 1.24 bits per heavy atom. The molecule has 5 rings (SSSR count). The van der Waals surface area contributed by atoms with Gasteiger partial charge in [-0.15, -0.1) is 10.2 Å². The van der Waals surface area contributed by atoms with E-state index in [0.29, 0.717) is 22.2 Å². The highest BCUT2D eigenvalue weighted by molar-refractivity contribution is 5.82. The van der Waals surface area contributed by atoms with Crippen molar-refractivity contribution in [1.82, 2.24) is 29.8 Å². The predicted molar refractivity (Wildman–Crippen MR) is 125 cm³/mol. The Labute approximate surface area is 207 Å². The number of benzene rings is 1. The molecule has 3 aromatic heterocycles. The molecule has 2 N–H and O–H groups in total. The van der Waals surface area contributed by atoms with Crippen LogP contribution in [0.2, 0.25) is 0 Å². The monoisotopic (exact) mass is 518 g/mol. The number of carbonyl (C=O) groups is 1. The second-order valence-electron chi connectivity index (χ2n) is 8.69. The lowest BCUT2D eigenvalue weighted by Gasteiger charge is -2.30.